The molecule has 0 aliphatic rings. The van der Waals surface area contributed by atoms with Crippen LogP contribution in [0.15, 0.2) is 21.8 Å². The van der Waals surface area contributed by atoms with Crippen molar-refractivity contribution in [3.63, 3.8) is 0 Å². The molecule has 1 aromatic heterocycles. The van der Waals surface area contributed by atoms with E-state index in [1.54, 1.807) is 0 Å². The van der Waals surface area contributed by atoms with Gasteiger partial charge in [-0.05, 0) is 46.7 Å². The molecular formula is C12H5BrCl4F4N2S. The smallest absolute Gasteiger partial charge is 0.287 e. The minimum Gasteiger partial charge on any atom is -0.287 e. The number of benzene rings is 1. The summed E-state index contributed by atoms with van der Waals surface area (Å²) in [7, 11) is 0. The highest BCUT2D eigenvalue weighted by atomic mass is 79.9. The number of halogens is 9. The van der Waals surface area contributed by atoms with E-state index in [1.807, 2.05) is 0 Å². The molecule has 1 heterocycles. The van der Waals surface area contributed by atoms with Crippen LogP contribution in [-0.2, 0) is 6.18 Å². The van der Waals surface area contributed by atoms with Crippen LogP contribution in [0, 0.1) is 6.92 Å². The SMILES string of the molecule is Cc1nc(SC(F)(Cl)Cl)c(Br)n1-c1c(Cl)cc(C(F)(F)F)cc1Cl. The lowest BCUT2D eigenvalue weighted by Gasteiger charge is -2.15. The summed E-state index contributed by atoms with van der Waals surface area (Å²) in [5, 5.41) is -0.432. The van der Waals surface area contributed by atoms with Gasteiger partial charge >= 0.3 is 10.1 Å². The second kappa shape index (κ2) is 7.04. The van der Waals surface area contributed by atoms with Crippen molar-refractivity contribution in [3.8, 4) is 5.69 Å². The van der Waals surface area contributed by atoms with Gasteiger partial charge < -0.3 is 0 Å². The minimum absolute atomic E-state index is 0.0589. The zero-order valence-corrected chi connectivity index (χ0v) is 16.8. The number of imidazole rings is 1. The van der Waals surface area contributed by atoms with Gasteiger partial charge in [0.05, 0.1) is 21.3 Å². The molecule has 1 aromatic carbocycles. The predicted octanol–water partition coefficient (Wildman–Crippen LogP) is 7.42. The number of thioether (sulfide) groups is 1. The Balaban J connectivity index is 2.62. The maximum atomic E-state index is 13.4. The van der Waals surface area contributed by atoms with E-state index in [9.17, 15) is 17.6 Å². The summed E-state index contributed by atoms with van der Waals surface area (Å²) in [6, 6.07) is 1.48. The van der Waals surface area contributed by atoms with E-state index < -0.39 is 15.7 Å². The van der Waals surface area contributed by atoms with E-state index in [0.29, 0.717) is 11.8 Å². The van der Waals surface area contributed by atoms with Crippen LogP contribution >= 0.6 is 74.1 Å². The van der Waals surface area contributed by atoms with Crippen LogP contribution in [0.3, 0.4) is 0 Å². The van der Waals surface area contributed by atoms with Gasteiger partial charge in [-0.3, -0.25) is 4.57 Å². The van der Waals surface area contributed by atoms with Crippen LogP contribution in [0.4, 0.5) is 17.6 Å². The Morgan fingerprint density at radius 3 is 2.04 bits per heavy atom. The second-order valence-electron chi connectivity index (χ2n) is 4.42. The zero-order valence-electron chi connectivity index (χ0n) is 11.4. The highest BCUT2D eigenvalue weighted by molar-refractivity contribution is 9.10. The van der Waals surface area contributed by atoms with Crippen LogP contribution in [0.5, 0.6) is 0 Å². The Bertz CT molecular complexity index is 766. The normalized spacial score (nSPS) is 12.8. The van der Waals surface area contributed by atoms with Gasteiger partial charge in [-0.1, -0.05) is 46.4 Å². The molecule has 132 valence electrons. The third-order valence-corrected chi connectivity index (χ3v) is 5.48. The molecule has 0 atom stereocenters. The Morgan fingerprint density at radius 2 is 1.62 bits per heavy atom. The molecule has 2 nitrogen and oxygen atoms in total. The fourth-order valence-electron chi connectivity index (χ4n) is 1.86. The summed E-state index contributed by atoms with van der Waals surface area (Å²) >= 11 is 26.1. The highest BCUT2D eigenvalue weighted by Crippen LogP contribution is 2.46. The topological polar surface area (TPSA) is 17.8 Å². The van der Waals surface area contributed by atoms with Crippen molar-refractivity contribution in [1.29, 1.82) is 0 Å². The fourth-order valence-corrected chi connectivity index (χ4v) is 4.29. The highest BCUT2D eigenvalue weighted by Gasteiger charge is 2.33. The third-order valence-electron chi connectivity index (χ3n) is 2.74. The Labute approximate surface area is 166 Å². The average Bonchev–Trinajstić information content (AvgIpc) is 2.62. The molecule has 0 aliphatic carbocycles. The summed E-state index contributed by atoms with van der Waals surface area (Å²) in [6.07, 6.45) is -4.60. The molecule has 0 aliphatic heterocycles. The third kappa shape index (κ3) is 4.45. The molecule has 0 fully saturated rings. The lowest BCUT2D eigenvalue weighted by Crippen LogP contribution is -2.07. The summed E-state index contributed by atoms with van der Waals surface area (Å²) < 4.78 is 50.7. The first-order valence-corrected chi connectivity index (χ1v) is 9.00. The van der Waals surface area contributed by atoms with E-state index >= 15 is 0 Å². The van der Waals surface area contributed by atoms with E-state index in [1.165, 1.54) is 11.5 Å². The molecule has 2 aromatic rings. The molecule has 0 bridgehead atoms. The summed E-state index contributed by atoms with van der Waals surface area (Å²) in [5.74, 6) is 0.283. The van der Waals surface area contributed by atoms with Gasteiger partial charge in [0.2, 0.25) is 0 Å². The molecule has 0 N–H and O–H groups in total. The summed E-state index contributed by atoms with van der Waals surface area (Å²) in [5.41, 5.74) is -0.933. The Hall–Kier alpha value is 0.140. The van der Waals surface area contributed by atoms with Crippen molar-refractivity contribution in [1.82, 2.24) is 9.55 Å². The molecule has 24 heavy (non-hydrogen) atoms. The number of hydrogen-bond donors (Lipinski definition) is 0. The molecule has 0 saturated heterocycles. The van der Waals surface area contributed by atoms with E-state index in [-0.39, 0.29) is 31.2 Å². The summed E-state index contributed by atoms with van der Waals surface area (Å²) in [4.78, 5) is 4.06. The molecule has 0 saturated carbocycles. The number of hydrogen-bond acceptors (Lipinski definition) is 2. The van der Waals surface area contributed by atoms with Crippen molar-refractivity contribution in [2.45, 2.75) is 22.0 Å². The number of nitrogens with zero attached hydrogens (tertiary/aromatic N) is 2. The maximum Gasteiger partial charge on any atom is 0.416 e. The molecule has 12 heteroatoms. The van der Waals surface area contributed by atoms with Crippen molar-refractivity contribution in [2.24, 2.45) is 0 Å². The van der Waals surface area contributed by atoms with Crippen LogP contribution in [-0.4, -0.2) is 13.5 Å². The van der Waals surface area contributed by atoms with Gasteiger partial charge in [0, 0.05) is 0 Å². The molecule has 2 rings (SSSR count). The number of aryl methyl sites for hydroxylation is 1. The van der Waals surface area contributed by atoms with Crippen molar-refractivity contribution in [2.75, 3.05) is 0 Å². The summed E-state index contributed by atoms with van der Waals surface area (Å²) in [6.45, 7) is 1.53. The van der Waals surface area contributed by atoms with Crippen molar-refractivity contribution >= 4 is 74.1 Å². The first kappa shape index (κ1) is 20.5. The standard InChI is InChI=1S/C12H5BrCl4F4N2S/c1-4-22-10(24-12(16,17)21)9(13)23(4)8-6(14)2-5(3-7(8)15)11(18,19)20/h2-3H,1H3. The molecular weight excluding hydrogens is 502 g/mol. The predicted molar refractivity (Wildman–Crippen MR) is 92.4 cm³/mol. The zero-order chi connectivity index (χ0) is 18.4. The van der Waals surface area contributed by atoms with Gasteiger partial charge in [0.25, 0.3) is 0 Å². The van der Waals surface area contributed by atoms with Gasteiger partial charge in [-0.15, -0.1) is 0 Å². The quantitative estimate of drug-likeness (QED) is 0.245. The van der Waals surface area contributed by atoms with Gasteiger partial charge in [0.15, 0.2) is 0 Å². The van der Waals surface area contributed by atoms with Crippen LogP contribution in [0.2, 0.25) is 10.0 Å². The average molecular weight is 507 g/mol. The largest absolute Gasteiger partial charge is 0.416 e. The molecule has 0 unspecified atom stereocenters. The second-order valence-corrected chi connectivity index (χ2v) is 8.83. The Morgan fingerprint density at radius 1 is 1.12 bits per heavy atom. The van der Waals surface area contributed by atoms with E-state index in [4.69, 9.17) is 46.4 Å². The van der Waals surface area contributed by atoms with Gasteiger partial charge in [-0.2, -0.15) is 17.6 Å². The lowest BCUT2D eigenvalue weighted by atomic mass is 10.2. The van der Waals surface area contributed by atoms with Gasteiger partial charge in [0.1, 0.15) is 15.5 Å². The molecule has 0 amide bonds. The van der Waals surface area contributed by atoms with Crippen molar-refractivity contribution < 1.29 is 17.6 Å². The van der Waals surface area contributed by atoms with Gasteiger partial charge in [-0.25, -0.2) is 4.98 Å². The molecule has 0 radical (unpaired) electrons. The number of alkyl halides is 6. The van der Waals surface area contributed by atoms with E-state index in [2.05, 4.69) is 20.9 Å². The van der Waals surface area contributed by atoms with Crippen LogP contribution < -0.4 is 0 Å². The number of rotatable bonds is 3. The minimum atomic E-state index is -4.60. The first-order valence-electron chi connectivity index (χ1n) is 5.88. The van der Waals surface area contributed by atoms with Crippen LogP contribution in [0.25, 0.3) is 5.69 Å². The Kier molecular flexibility index (Phi) is 6.00. The molecule has 0 spiro atoms. The number of aromatic nitrogens is 2. The lowest BCUT2D eigenvalue weighted by molar-refractivity contribution is -0.137. The maximum absolute atomic E-state index is 13.4. The van der Waals surface area contributed by atoms with Crippen molar-refractivity contribution in [3.05, 3.63) is 38.2 Å². The first-order chi connectivity index (χ1) is 10.8. The van der Waals surface area contributed by atoms with Crippen LogP contribution in [0.1, 0.15) is 11.4 Å². The fraction of sp³-hybridized carbons (Fsp3) is 0.250. The monoisotopic (exact) mass is 504 g/mol. The van der Waals surface area contributed by atoms with E-state index in [0.717, 1.165) is 12.1 Å².